The van der Waals surface area contributed by atoms with Gasteiger partial charge in [-0.1, -0.05) is 0 Å². The number of hydrogen-bond donors (Lipinski definition) is 2. The van der Waals surface area contributed by atoms with Crippen molar-refractivity contribution < 1.29 is 91.0 Å². The third kappa shape index (κ3) is 6.01. The Morgan fingerprint density at radius 1 is 1.37 bits per heavy atom. The molecule has 6 nitrogen and oxygen atoms in total. The van der Waals surface area contributed by atoms with E-state index in [9.17, 15) is 30.4 Å². The molecule has 1 heterocycles. The molecule has 0 fully saturated rings. The number of nitrogens with one attached hydrogen (secondary N) is 1. The molecule has 0 amide bonds. The van der Waals surface area contributed by atoms with Gasteiger partial charge in [0.15, 0.2) is 0 Å². The van der Waals surface area contributed by atoms with Crippen molar-refractivity contribution in [3.63, 3.8) is 0 Å². The predicted molar refractivity (Wildman–Crippen MR) is 45.5 cm³/mol. The molecule has 104 valence electrons. The first kappa shape index (κ1) is 19.2. The van der Waals surface area contributed by atoms with E-state index in [-0.39, 0.29) is 51.4 Å². The molecule has 0 radical (unpaired) electrons. The third-order valence-corrected chi connectivity index (χ3v) is 2.29. The molecule has 13 heteroatoms. The summed E-state index contributed by atoms with van der Waals surface area (Å²) in [6.07, 6.45) is -5.06. The number of halogens is 5. The van der Waals surface area contributed by atoms with Gasteiger partial charge in [0.2, 0.25) is 5.88 Å². The van der Waals surface area contributed by atoms with Gasteiger partial charge in [-0.2, -0.15) is 30.4 Å². The fourth-order valence-electron chi connectivity index (χ4n) is 1.08. The monoisotopic (exact) mass is 335 g/mol. The van der Waals surface area contributed by atoms with E-state index >= 15 is 0 Å². The number of alkyl halides is 5. The van der Waals surface area contributed by atoms with Crippen molar-refractivity contribution in [1.82, 2.24) is 10.2 Å². The number of hydrogen-bond acceptors (Lipinski definition) is 4. The van der Waals surface area contributed by atoms with Crippen LogP contribution in [0.1, 0.15) is 11.3 Å². The number of aromatic nitrogens is 2. The number of H-pyrrole nitrogens is 1. The van der Waals surface area contributed by atoms with Crippen LogP contribution in [0.3, 0.4) is 0 Å². The standard InChI is InChI=1S/C6H5F5N2O4S.K/c7-5(8)17-4-2(1-18(14,15)16)3(12-13-4)6(9,10)11;/h5H,1H2,(H,12,13)(H,14,15,16);/q;+1. The number of aromatic amines is 1. The Bertz CT molecular complexity index is 528. The van der Waals surface area contributed by atoms with Crippen LogP contribution in [0.25, 0.3) is 0 Å². The van der Waals surface area contributed by atoms with Crippen LogP contribution in [-0.2, 0) is 22.0 Å². The molecule has 19 heavy (non-hydrogen) atoms. The maximum atomic E-state index is 12.4. The number of ether oxygens (including phenoxy) is 1. The van der Waals surface area contributed by atoms with Crippen molar-refractivity contribution in [2.45, 2.75) is 18.5 Å². The second kappa shape index (κ2) is 6.77. The predicted octanol–water partition coefficient (Wildman–Crippen LogP) is -1.58. The summed E-state index contributed by atoms with van der Waals surface area (Å²) in [5.41, 5.74) is -2.90. The Kier molecular flexibility index (Phi) is 6.85. The molecule has 0 spiro atoms. The average molecular weight is 335 g/mol. The minimum Gasteiger partial charge on any atom is -0.415 e. The fourth-order valence-corrected chi connectivity index (χ4v) is 1.71. The normalized spacial score (nSPS) is 12.4. The van der Waals surface area contributed by atoms with E-state index in [0.717, 1.165) is 0 Å². The molecular formula is C6H5F5KN2O4S+. The molecule has 0 saturated heterocycles. The van der Waals surface area contributed by atoms with Gasteiger partial charge in [0.05, 0.1) is 5.56 Å². The van der Waals surface area contributed by atoms with Crippen LogP contribution in [-0.4, -0.2) is 29.8 Å². The fraction of sp³-hybridized carbons (Fsp3) is 0.500. The molecule has 0 atom stereocenters. The van der Waals surface area contributed by atoms with E-state index in [1.54, 1.807) is 0 Å². The largest absolute Gasteiger partial charge is 1.00 e. The van der Waals surface area contributed by atoms with Crippen LogP contribution in [0.2, 0.25) is 0 Å². The van der Waals surface area contributed by atoms with E-state index in [1.807, 2.05) is 0 Å². The van der Waals surface area contributed by atoms with Gasteiger partial charge in [-0.3, -0.25) is 9.65 Å². The van der Waals surface area contributed by atoms with Crippen molar-refractivity contribution >= 4 is 10.1 Å². The van der Waals surface area contributed by atoms with Crippen LogP contribution < -0.4 is 56.1 Å². The third-order valence-electron chi connectivity index (χ3n) is 1.64. The van der Waals surface area contributed by atoms with Gasteiger partial charge in [-0.05, 0) is 0 Å². The van der Waals surface area contributed by atoms with E-state index in [4.69, 9.17) is 4.55 Å². The summed E-state index contributed by atoms with van der Waals surface area (Å²) in [4.78, 5) is 0. The smallest absolute Gasteiger partial charge is 0.415 e. The minimum absolute atomic E-state index is 0. The summed E-state index contributed by atoms with van der Waals surface area (Å²) >= 11 is 0. The molecule has 2 N–H and O–H groups in total. The summed E-state index contributed by atoms with van der Waals surface area (Å²) in [7, 11) is -4.87. The first-order valence-corrected chi connectivity index (χ1v) is 5.66. The first-order chi connectivity index (χ1) is 8.00. The van der Waals surface area contributed by atoms with E-state index in [0.29, 0.717) is 0 Å². The van der Waals surface area contributed by atoms with Crippen molar-refractivity contribution in [1.29, 1.82) is 0 Å². The quantitative estimate of drug-likeness (QED) is 0.394. The van der Waals surface area contributed by atoms with Crippen molar-refractivity contribution in [3.05, 3.63) is 11.3 Å². The summed E-state index contributed by atoms with van der Waals surface area (Å²) in [6, 6.07) is 0. The second-order valence-corrected chi connectivity index (χ2v) is 4.44. The summed E-state index contributed by atoms with van der Waals surface area (Å²) < 4.78 is 94.0. The minimum atomic E-state index is -5.06. The zero-order chi connectivity index (χ0) is 14.1. The van der Waals surface area contributed by atoms with Crippen molar-refractivity contribution in [2.24, 2.45) is 0 Å². The average Bonchev–Trinajstić information content (AvgIpc) is 2.43. The van der Waals surface area contributed by atoms with Gasteiger partial charge < -0.3 is 4.74 Å². The van der Waals surface area contributed by atoms with Crippen LogP contribution in [0.4, 0.5) is 22.0 Å². The molecular weight excluding hydrogens is 330 g/mol. The molecule has 0 aliphatic carbocycles. The van der Waals surface area contributed by atoms with Gasteiger partial charge in [0.25, 0.3) is 10.1 Å². The summed E-state index contributed by atoms with van der Waals surface area (Å²) in [6.45, 7) is -3.49. The Labute approximate surface area is 145 Å². The Morgan fingerprint density at radius 2 is 1.89 bits per heavy atom. The summed E-state index contributed by atoms with van der Waals surface area (Å²) in [5, 5.41) is 4.12. The van der Waals surface area contributed by atoms with Gasteiger partial charge >= 0.3 is 64.2 Å². The van der Waals surface area contributed by atoms with Crippen molar-refractivity contribution in [2.75, 3.05) is 0 Å². The second-order valence-electron chi connectivity index (χ2n) is 2.98. The Hall–Kier alpha value is 0.206. The van der Waals surface area contributed by atoms with E-state index in [2.05, 4.69) is 9.84 Å². The molecule has 0 bridgehead atoms. The maximum Gasteiger partial charge on any atom is 1.00 e. The van der Waals surface area contributed by atoms with Crippen LogP contribution >= 0.6 is 0 Å². The zero-order valence-corrected chi connectivity index (χ0v) is 13.1. The molecule has 0 aliphatic heterocycles. The van der Waals surface area contributed by atoms with Gasteiger partial charge in [0.1, 0.15) is 11.4 Å². The summed E-state index contributed by atoms with van der Waals surface area (Å²) in [5.74, 6) is -2.80. The molecule has 0 saturated carbocycles. The number of rotatable bonds is 4. The molecule has 1 aromatic rings. The Morgan fingerprint density at radius 3 is 2.26 bits per heavy atom. The van der Waals surface area contributed by atoms with Crippen LogP contribution in [0, 0.1) is 0 Å². The Balaban J connectivity index is 0.00000324. The molecule has 1 rings (SSSR count). The molecule has 0 aliphatic rings. The number of nitrogens with zero attached hydrogens (tertiary/aromatic N) is 1. The topological polar surface area (TPSA) is 92.3 Å². The molecule has 0 unspecified atom stereocenters. The van der Waals surface area contributed by atoms with Crippen LogP contribution in [0.15, 0.2) is 0 Å². The van der Waals surface area contributed by atoms with Crippen LogP contribution in [0.5, 0.6) is 5.88 Å². The van der Waals surface area contributed by atoms with Gasteiger partial charge in [-0.25, -0.2) is 0 Å². The molecule has 0 aromatic carbocycles. The first-order valence-electron chi connectivity index (χ1n) is 4.05. The zero-order valence-electron chi connectivity index (χ0n) is 9.20. The van der Waals surface area contributed by atoms with E-state index in [1.165, 1.54) is 5.10 Å². The van der Waals surface area contributed by atoms with Gasteiger partial charge in [0, 0.05) is 0 Å². The SMILES string of the molecule is O=S(=O)(O)Cc1c(OC(F)F)n[nH]c1C(F)(F)F.[K+]. The van der Waals surface area contributed by atoms with E-state index < -0.39 is 45.8 Å². The molecule has 1 aromatic heterocycles. The van der Waals surface area contributed by atoms with Gasteiger partial charge in [-0.15, -0.1) is 5.10 Å². The maximum absolute atomic E-state index is 12.4. The van der Waals surface area contributed by atoms with Crippen molar-refractivity contribution in [3.8, 4) is 5.88 Å².